The summed E-state index contributed by atoms with van der Waals surface area (Å²) in [7, 11) is 0. The lowest BCUT2D eigenvalue weighted by atomic mass is 10.1. The summed E-state index contributed by atoms with van der Waals surface area (Å²) >= 11 is 0. The van der Waals surface area contributed by atoms with Gasteiger partial charge in [-0.25, -0.2) is 4.39 Å². The fourth-order valence-corrected chi connectivity index (χ4v) is 2.00. The van der Waals surface area contributed by atoms with Crippen LogP contribution < -0.4 is 5.32 Å². The Labute approximate surface area is 93.3 Å². The van der Waals surface area contributed by atoms with Crippen LogP contribution in [-0.2, 0) is 0 Å². The molecule has 4 heteroatoms. The van der Waals surface area contributed by atoms with E-state index in [0.29, 0.717) is 6.42 Å². The van der Waals surface area contributed by atoms with Gasteiger partial charge in [0.2, 0.25) is 0 Å². The van der Waals surface area contributed by atoms with Crippen LogP contribution in [0, 0.1) is 5.82 Å². The first kappa shape index (κ1) is 11.1. The summed E-state index contributed by atoms with van der Waals surface area (Å²) in [5.74, 6) is -0.989. The summed E-state index contributed by atoms with van der Waals surface area (Å²) in [5.41, 5.74) is 0.0293. The number of carbonyl (C=O) groups excluding carboxylic acids is 1. The minimum Gasteiger partial charge on any atom is -0.391 e. The summed E-state index contributed by atoms with van der Waals surface area (Å²) in [6.45, 7) is 0. The molecule has 1 aromatic rings. The number of carbonyl (C=O) groups is 1. The molecule has 2 atom stereocenters. The third-order valence-electron chi connectivity index (χ3n) is 2.91. The van der Waals surface area contributed by atoms with Crippen molar-refractivity contribution in [3.8, 4) is 0 Å². The van der Waals surface area contributed by atoms with Gasteiger partial charge in [-0.1, -0.05) is 12.1 Å². The maximum atomic E-state index is 13.3. The van der Waals surface area contributed by atoms with Gasteiger partial charge < -0.3 is 10.4 Å². The maximum Gasteiger partial charge on any atom is 0.254 e. The van der Waals surface area contributed by atoms with E-state index in [-0.39, 0.29) is 11.6 Å². The summed E-state index contributed by atoms with van der Waals surface area (Å²) in [6.07, 6.45) is 1.84. The predicted octanol–water partition coefficient (Wildman–Crippen LogP) is 1.47. The van der Waals surface area contributed by atoms with Gasteiger partial charge in [0, 0.05) is 0 Å². The second kappa shape index (κ2) is 4.61. The van der Waals surface area contributed by atoms with Crippen LogP contribution in [0.3, 0.4) is 0 Å². The number of hydrogen-bond acceptors (Lipinski definition) is 2. The molecule has 0 unspecified atom stereocenters. The average Bonchev–Trinajstić information content (AvgIpc) is 2.65. The van der Waals surface area contributed by atoms with Crippen LogP contribution in [0.1, 0.15) is 29.6 Å². The van der Waals surface area contributed by atoms with Gasteiger partial charge in [-0.2, -0.15) is 0 Å². The average molecular weight is 223 g/mol. The van der Waals surface area contributed by atoms with Crippen molar-refractivity contribution in [2.24, 2.45) is 0 Å². The van der Waals surface area contributed by atoms with Crippen molar-refractivity contribution < 1.29 is 14.3 Å². The molecule has 0 saturated heterocycles. The largest absolute Gasteiger partial charge is 0.391 e. The zero-order valence-electron chi connectivity index (χ0n) is 8.82. The number of aliphatic hydroxyl groups excluding tert-OH is 1. The molecule has 0 radical (unpaired) electrons. The highest BCUT2D eigenvalue weighted by Gasteiger charge is 2.27. The minimum atomic E-state index is -0.535. The third kappa shape index (κ3) is 2.22. The first-order valence-corrected chi connectivity index (χ1v) is 5.42. The Morgan fingerprint density at radius 1 is 1.38 bits per heavy atom. The molecule has 0 spiro atoms. The number of halogens is 1. The molecule has 0 bridgehead atoms. The van der Waals surface area contributed by atoms with E-state index in [0.717, 1.165) is 12.8 Å². The second-order valence-corrected chi connectivity index (χ2v) is 4.06. The second-order valence-electron chi connectivity index (χ2n) is 4.06. The smallest absolute Gasteiger partial charge is 0.254 e. The summed E-state index contributed by atoms with van der Waals surface area (Å²) in [6, 6.07) is 5.60. The third-order valence-corrected chi connectivity index (χ3v) is 2.91. The Hall–Kier alpha value is -1.42. The van der Waals surface area contributed by atoms with Gasteiger partial charge in [0.25, 0.3) is 5.91 Å². The van der Waals surface area contributed by atoms with Crippen LogP contribution in [0.15, 0.2) is 24.3 Å². The Morgan fingerprint density at radius 3 is 2.75 bits per heavy atom. The molecule has 16 heavy (non-hydrogen) atoms. The molecule has 3 nitrogen and oxygen atoms in total. The van der Waals surface area contributed by atoms with Crippen molar-refractivity contribution in [1.29, 1.82) is 0 Å². The molecule has 0 heterocycles. The normalized spacial score (nSPS) is 24.4. The predicted molar refractivity (Wildman–Crippen MR) is 57.5 cm³/mol. The highest BCUT2D eigenvalue weighted by atomic mass is 19.1. The maximum absolute atomic E-state index is 13.3. The van der Waals surface area contributed by atoms with E-state index in [2.05, 4.69) is 5.32 Å². The molecule has 1 aliphatic rings. The van der Waals surface area contributed by atoms with Crippen molar-refractivity contribution in [3.63, 3.8) is 0 Å². The highest BCUT2D eigenvalue weighted by molar-refractivity contribution is 5.94. The Morgan fingerprint density at radius 2 is 2.12 bits per heavy atom. The van der Waals surface area contributed by atoms with Gasteiger partial charge in [-0.15, -0.1) is 0 Å². The molecule has 1 aliphatic carbocycles. The zero-order chi connectivity index (χ0) is 11.5. The van der Waals surface area contributed by atoms with Gasteiger partial charge in [-0.3, -0.25) is 4.79 Å². The fourth-order valence-electron chi connectivity index (χ4n) is 2.00. The standard InChI is InChI=1S/C12H14FNO2/c13-9-5-2-1-4-8(9)12(16)14-10-6-3-7-11(10)15/h1-2,4-5,10-11,15H,3,6-7H2,(H,14,16)/t10-,11-/m1/s1. The molecular weight excluding hydrogens is 209 g/mol. The van der Waals surface area contributed by atoms with Crippen molar-refractivity contribution in [2.75, 3.05) is 0 Å². The molecule has 0 aromatic heterocycles. The Balaban J connectivity index is 2.06. The van der Waals surface area contributed by atoms with Gasteiger partial charge in [0.05, 0.1) is 17.7 Å². The number of rotatable bonds is 2. The SMILES string of the molecule is O=C(N[C@@H]1CCC[C@H]1O)c1ccccc1F. The van der Waals surface area contributed by atoms with E-state index >= 15 is 0 Å². The Kier molecular flexibility index (Phi) is 3.19. The van der Waals surface area contributed by atoms with Crippen molar-refractivity contribution in [3.05, 3.63) is 35.6 Å². The van der Waals surface area contributed by atoms with E-state index in [1.807, 2.05) is 0 Å². The van der Waals surface area contributed by atoms with Crippen LogP contribution >= 0.6 is 0 Å². The van der Waals surface area contributed by atoms with Gasteiger partial charge >= 0.3 is 0 Å². The highest BCUT2D eigenvalue weighted by Crippen LogP contribution is 2.19. The number of nitrogens with one attached hydrogen (secondary N) is 1. The van der Waals surface area contributed by atoms with E-state index in [4.69, 9.17) is 0 Å². The van der Waals surface area contributed by atoms with Crippen LogP contribution in [0.2, 0.25) is 0 Å². The number of benzene rings is 1. The monoisotopic (exact) mass is 223 g/mol. The lowest BCUT2D eigenvalue weighted by molar-refractivity contribution is 0.0869. The molecular formula is C12H14FNO2. The molecule has 1 aromatic carbocycles. The van der Waals surface area contributed by atoms with Crippen LogP contribution in [0.5, 0.6) is 0 Å². The molecule has 0 aliphatic heterocycles. The molecule has 86 valence electrons. The Bertz CT molecular complexity index is 394. The lowest BCUT2D eigenvalue weighted by Crippen LogP contribution is -2.40. The first-order valence-electron chi connectivity index (χ1n) is 5.42. The number of amides is 1. The van der Waals surface area contributed by atoms with Crippen LogP contribution in [0.4, 0.5) is 4.39 Å². The molecule has 1 fully saturated rings. The van der Waals surface area contributed by atoms with Gasteiger partial charge in [0.1, 0.15) is 5.82 Å². The topological polar surface area (TPSA) is 49.3 Å². The quantitative estimate of drug-likeness (QED) is 0.797. The molecule has 2 rings (SSSR count). The van der Waals surface area contributed by atoms with Crippen LogP contribution in [-0.4, -0.2) is 23.2 Å². The van der Waals surface area contributed by atoms with E-state index in [1.54, 1.807) is 6.07 Å². The van der Waals surface area contributed by atoms with Gasteiger partial charge in [-0.05, 0) is 31.4 Å². The van der Waals surface area contributed by atoms with Crippen molar-refractivity contribution in [1.82, 2.24) is 5.32 Å². The summed E-state index contributed by atoms with van der Waals surface area (Å²) in [4.78, 5) is 11.7. The fraction of sp³-hybridized carbons (Fsp3) is 0.417. The summed E-state index contributed by atoms with van der Waals surface area (Å²) < 4.78 is 13.3. The van der Waals surface area contributed by atoms with Crippen molar-refractivity contribution >= 4 is 5.91 Å². The minimum absolute atomic E-state index is 0.0293. The number of hydrogen-bond donors (Lipinski definition) is 2. The molecule has 1 saturated carbocycles. The lowest BCUT2D eigenvalue weighted by Gasteiger charge is -2.16. The van der Waals surface area contributed by atoms with Crippen molar-refractivity contribution in [2.45, 2.75) is 31.4 Å². The summed E-state index contributed by atoms with van der Waals surface area (Å²) in [5, 5.41) is 12.2. The van der Waals surface area contributed by atoms with E-state index in [9.17, 15) is 14.3 Å². The molecule has 2 N–H and O–H groups in total. The van der Waals surface area contributed by atoms with E-state index in [1.165, 1.54) is 18.2 Å². The van der Waals surface area contributed by atoms with E-state index < -0.39 is 17.8 Å². The molecule has 1 amide bonds. The van der Waals surface area contributed by atoms with Crippen LogP contribution in [0.25, 0.3) is 0 Å². The van der Waals surface area contributed by atoms with Gasteiger partial charge in [0.15, 0.2) is 0 Å². The zero-order valence-corrected chi connectivity index (χ0v) is 8.82. The number of aliphatic hydroxyl groups is 1. The first-order chi connectivity index (χ1) is 7.68.